The van der Waals surface area contributed by atoms with Crippen molar-refractivity contribution in [2.75, 3.05) is 4.90 Å². The highest BCUT2D eigenvalue weighted by Gasteiger charge is 2.21. The van der Waals surface area contributed by atoms with Gasteiger partial charge in [0.2, 0.25) is 5.91 Å². The van der Waals surface area contributed by atoms with E-state index in [9.17, 15) is 14.0 Å². The molecule has 0 saturated heterocycles. The smallest absolute Gasteiger partial charge is 0.310 e. The number of furan rings is 1. The van der Waals surface area contributed by atoms with Gasteiger partial charge in [-0.2, -0.15) is 0 Å². The molecule has 2 heterocycles. The highest BCUT2D eigenvalue weighted by Crippen LogP contribution is 2.31. The summed E-state index contributed by atoms with van der Waals surface area (Å²) in [5.41, 5.74) is 3.15. The molecule has 0 N–H and O–H groups in total. The number of aromatic nitrogens is 1. The summed E-state index contributed by atoms with van der Waals surface area (Å²) >= 11 is 1.17. The maximum absolute atomic E-state index is 14.2. The van der Waals surface area contributed by atoms with Crippen molar-refractivity contribution in [1.82, 2.24) is 4.98 Å². The van der Waals surface area contributed by atoms with E-state index in [1.807, 2.05) is 25.1 Å². The van der Waals surface area contributed by atoms with Crippen molar-refractivity contribution in [2.24, 2.45) is 0 Å². The molecule has 8 heteroatoms. The minimum Gasteiger partial charge on any atom is -0.464 e. The first-order valence-electron chi connectivity index (χ1n) is 9.54. The van der Waals surface area contributed by atoms with Crippen molar-refractivity contribution in [3.63, 3.8) is 0 Å². The van der Waals surface area contributed by atoms with E-state index in [1.54, 1.807) is 23.8 Å². The SMILES string of the molecule is CC(=O)N(c1nc(COC(=O)Cc2coc3cc(C)ccc23)cs1)c1ccccc1F. The number of para-hydroxylation sites is 1. The number of aryl methyl sites for hydroxylation is 1. The Morgan fingerprint density at radius 3 is 2.81 bits per heavy atom. The van der Waals surface area contributed by atoms with Crippen LogP contribution in [0, 0.1) is 12.7 Å². The van der Waals surface area contributed by atoms with Gasteiger partial charge in [0.1, 0.15) is 18.0 Å². The lowest BCUT2D eigenvalue weighted by Crippen LogP contribution is -2.23. The van der Waals surface area contributed by atoms with Gasteiger partial charge in [0.25, 0.3) is 0 Å². The number of fused-ring (bicyclic) bond motifs is 1. The van der Waals surface area contributed by atoms with Crippen molar-refractivity contribution in [3.8, 4) is 0 Å². The van der Waals surface area contributed by atoms with Crippen LogP contribution in [0.5, 0.6) is 0 Å². The molecule has 0 aliphatic carbocycles. The molecule has 158 valence electrons. The molecular weight excluding hydrogens is 419 g/mol. The van der Waals surface area contributed by atoms with Crippen LogP contribution in [0.1, 0.15) is 23.7 Å². The van der Waals surface area contributed by atoms with Crippen LogP contribution < -0.4 is 4.90 Å². The molecule has 0 atom stereocenters. The fraction of sp³-hybridized carbons (Fsp3) is 0.174. The number of hydrogen-bond donors (Lipinski definition) is 0. The van der Waals surface area contributed by atoms with Gasteiger partial charge in [0, 0.05) is 23.3 Å². The van der Waals surface area contributed by atoms with Crippen LogP contribution >= 0.6 is 11.3 Å². The second-order valence-electron chi connectivity index (χ2n) is 7.03. The van der Waals surface area contributed by atoms with E-state index in [-0.39, 0.29) is 24.6 Å². The third-order valence-electron chi connectivity index (χ3n) is 4.67. The van der Waals surface area contributed by atoms with Crippen LogP contribution in [0.4, 0.5) is 15.2 Å². The Balaban J connectivity index is 1.43. The molecule has 4 rings (SSSR count). The summed E-state index contributed by atoms with van der Waals surface area (Å²) in [6.07, 6.45) is 1.63. The predicted octanol–water partition coefficient (Wildman–Crippen LogP) is 5.31. The van der Waals surface area contributed by atoms with Gasteiger partial charge in [-0.3, -0.25) is 14.5 Å². The standard InChI is InChI=1S/C23H19FN2O4S/c1-14-7-8-18-16(11-29-21(18)9-14)10-22(28)30-12-17-13-31-23(25-17)26(15(2)27)20-6-4-3-5-19(20)24/h3-9,11,13H,10,12H2,1-2H3. The largest absolute Gasteiger partial charge is 0.464 e. The normalized spacial score (nSPS) is 10.9. The van der Waals surface area contributed by atoms with Gasteiger partial charge in [-0.25, -0.2) is 9.37 Å². The number of rotatable bonds is 6. The molecule has 0 fully saturated rings. The van der Waals surface area contributed by atoms with Gasteiger partial charge in [0.05, 0.1) is 24.1 Å². The van der Waals surface area contributed by atoms with Gasteiger partial charge < -0.3 is 9.15 Å². The zero-order valence-electron chi connectivity index (χ0n) is 16.9. The van der Waals surface area contributed by atoms with E-state index in [1.165, 1.54) is 35.3 Å². The molecule has 2 aromatic heterocycles. The molecule has 0 radical (unpaired) electrons. The summed E-state index contributed by atoms with van der Waals surface area (Å²) in [5, 5.41) is 2.86. The fourth-order valence-corrected chi connectivity index (χ4v) is 4.06. The number of amides is 1. The predicted molar refractivity (Wildman–Crippen MR) is 116 cm³/mol. The molecule has 0 spiro atoms. The Hall–Kier alpha value is -3.52. The molecule has 6 nitrogen and oxygen atoms in total. The maximum Gasteiger partial charge on any atom is 0.310 e. The number of thiazole rings is 1. The van der Waals surface area contributed by atoms with Crippen LogP contribution in [-0.4, -0.2) is 16.9 Å². The zero-order valence-corrected chi connectivity index (χ0v) is 17.7. The molecular formula is C23H19FN2O4S. The van der Waals surface area contributed by atoms with Gasteiger partial charge in [-0.05, 0) is 30.7 Å². The second kappa shape index (κ2) is 8.69. The molecule has 0 aliphatic heterocycles. The van der Waals surface area contributed by atoms with Crippen molar-refractivity contribution < 1.29 is 23.1 Å². The summed E-state index contributed by atoms with van der Waals surface area (Å²) < 4.78 is 25.0. The van der Waals surface area contributed by atoms with E-state index in [0.717, 1.165) is 22.1 Å². The van der Waals surface area contributed by atoms with E-state index in [4.69, 9.17) is 9.15 Å². The first kappa shape index (κ1) is 20.7. The molecule has 0 aliphatic rings. The monoisotopic (exact) mass is 438 g/mol. The van der Waals surface area contributed by atoms with Gasteiger partial charge >= 0.3 is 5.97 Å². The molecule has 1 amide bonds. The number of esters is 1. The molecule has 4 aromatic rings. The Labute approximate surface area is 181 Å². The third-order valence-corrected chi connectivity index (χ3v) is 5.54. The van der Waals surface area contributed by atoms with E-state index >= 15 is 0 Å². The lowest BCUT2D eigenvalue weighted by Gasteiger charge is -2.18. The summed E-state index contributed by atoms with van der Waals surface area (Å²) in [6, 6.07) is 11.8. The molecule has 0 unspecified atom stereocenters. The molecule has 2 aromatic carbocycles. The molecule has 0 saturated carbocycles. The van der Waals surface area contributed by atoms with Crippen molar-refractivity contribution in [3.05, 3.63) is 76.7 Å². The van der Waals surface area contributed by atoms with Gasteiger partial charge in [-0.1, -0.05) is 24.3 Å². The highest BCUT2D eigenvalue weighted by atomic mass is 32.1. The Kier molecular flexibility index (Phi) is 5.81. The molecule has 0 bridgehead atoms. The Morgan fingerprint density at radius 2 is 2.03 bits per heavy atom. The quantitative estimate of drug-likeness (QED) is 0.382. The minimum atomic E-state index is -0.525. The Bertz CT molecular complexity index is 1260. The number of anilines is 2. The average Bonchev–Trinajstić information content (AvgIpc) is 3.35. The first-order chi connectivity index (χ1) is 14.9. The molecule has 31 heavy (non-hydrogen) atoms. The van der Waals surface area contributed by atoms with Crippen molar-refractivity contribution >= 4 is 45.0 Å². The van der Waals surface area contributed by atoms with Crippen LogP contribution in [0.3, 0.4) is 0 Å². The van der Waals surface area contributed by atoms with Gasteiger partial charge in [0.15, 0.2) is 5.13 Å². The van der Waals surface area contributed by atoms with Crippen LogP contribution in [0.2, 0.25) is 0 Å². The minimum absolute atomic E-state index is 0.0484. The average molecular weight is 438 g/mol. The van der Waals surface area contributed by atoms with E-state index in [0.29, 0.717) is 10.8 Å². The summed E-state index contributed by atoms with van der Waals surface area (Å²) in [4.78, 5) is 30.0. The van der Waals surface area contributed by atoms with Crippen molar-refractivity contribution in [1.29, 1.82) is 0 Å². The number of ether oxygens (including phenoxy) is 1. The summed E-state index contributed by atoms with van der Waals surface area (Å²) in [5.74, 6) is -1.32. The number of benzene rings is 2. The van der Waals surface area contributed by atoms with E-state index in [2.05, 4.69) is 4.98 Å². The Morgan fingerprint density at radius 1 is 1.23 bits per heavy atom. The zero-order chi connectivity index (χ0) is 22.0. The maximum atomic E-state index is 14.2. The topological polar surface area (TPSA) is 72.6 Å². The number of carbonyl (C=O) groups excluding carboxylic acids is 2. The summed E-state index contributed by atoms with van der Waals surface area (Å²) in [7, 11) is 0. The second-order valence-corrected chi connectivity index (χ2v) is 7.86. The number of halogens is 1. The fourth-order valence-electron chi connectivity index (χ4n) is 3.19. The summed E-state index contributed by atoms with van der Waals surface area (Å²) in [6.45, 7) is 3.26. The van der Waals surface area contributed by atoms with Gasteiger partial charge in [-0.15, -0.1) is 11.3 Å². The van der Waals surface area contributed by atoms with Crippen LogP contribution in [-0.2, 0) is 27.4 Å². The number of nitrogens with zero attached hydrogens (tertiary/aromatic N) is 2. The third kappa shape index (κ3) is 4.49. The van der Waals surface area contributed by atoms with E-state index < -0.39 is 11.8 Å². The lowest BCUT2D eigenvalue weighted by atomic mass is 10.1. The first-order valence-corrected chi connectivity index (χ1v) is 10.4. The highest BCUT2D eigenvalue weighted by molar-refractivity contribution is 7.14. The lowest BCUT2D eigenvalue weighted by molar-refractivity contribution is -0.144. The van der Waals surface area contributed by atoms with Crippen LogP contribution in [0.25, 0.3) is 11.0 Å². The van der Waals surface area contributed by atoms with Crippen molar-refractivity contribution in [2.45, 2.75) is 26.9 Å². The number of hydrogen-bond acceptors (Lipinski definition) is 6. The number of carbonyl (C=O) groups is 2. The van der Waals surface area contributed by atoms with Crippen LogP contribution in [0.15, 0.2) is 58.5 Å².